The molecule has 0 bridgehead atoms. The molecule has 106 valence electrons. The fraction of sp³-hybridized carbons (Fsp3) is 0.500. The summed E-state index contributed by atoms with van der Waals surface area (Å²) in [4.78, 5) is 0. The summed E-state index contributed by atoms with van der Waals surface area (Å²) in [5.41, 5.74) is 2.64. The summed E-state index contributed by atoms with van der Waals surface area (Å²) >= 11 is 0. The molecule has 20 heavy (non-hydrogen) atoms. The first-order valence-corrected chi connectivity index (χ1v) is 7.33. The Labute approximate surface area is 119 Å². The van der Waals surface area contributed by atoms with Gasteiger partial charge in [0.2, 0.25) is 0 Å². The number of aryl methyl sites for hydroxylation is 4. The molecule has 4 nitrogen and oxygen atoms in total. The smallest absolute Gasteiger partial charge is 0.133 e. The quantitative estimate of drug-likeness (QED) is 0.924. The zero-order valence-electron chi connectivity index (χ0n) is 11.9. The molecule has 3 rings (SSSR count). The van der Waals surface area contributed by atoms with Crippen LogP contribution in [0.25, 0.3) is 0 Å². The minimum atomic E-state index is 0.259. The van der Waals surface area contributed by atoms with Gasteiger partial charge < -0.3 is 9.67 Å². The van der Waals surface area contributed by atoms with Crippen molar-refractivity contribution in [2.75, 3.05) is 6.61 Å². The molecule has 0 spiro atoms. The molecular formula is C16H21N3O. The second-order valence-corrected chi connectivity index (χ2v) is 5.72. The van der Waals surface area contributed by atoms with Crippen molar-refractivity contribution < 1.29 is 5.11 Å². The van der Waals surface area contributed by atoms with Crippen LogP contribution in [0, 0.1) is 12.8 Å². The maximum atomic E-state index is 9.33. The van der Waals surface area contributed by atoms with Crippen molar-refractivity contribution in [3.8, 4) is 0 Å². The molecule has 0 amide bonds. The zero-order chi connectivity index (χ0) is 13.9. The summed E-state index contributed by atoms with van der Waals surface area (Å²) in [7, 11) is 0. The normalized spacial score (nSPS) is 18.0. The number of hydrogen-bond acceptors (Lipinski definition) is 3. The Morgan fingerprint density at radius 3 is 3.00 bits per heavy atom. The molecule has 0 radical (unpaired) electrons. The Kier molecular flexibility index (Phi) is 3.83. The summed E-state index contributed by atoms with van der Waals surface area (Å²) in [5, 5.41) is 18.0. The predicted octanol–water partition coefficient (Wildman–Crippen LogP) is 1.93. The summed E-state index contributed by atoms with van der Waals surface area (Å²) in [6.45, 7) is 3.24. The van der Waals surface area contributed by atoms with Gasteiger partial charge in [-0.05, 0) is 25.3 Å². The Balaban J connectivity index is 1.71. The van der Waals surface area contributed by atoms with Gasteiger partial charge in [0.25, 0.3) is 0 Å². The summed E-state index contributed by atoms with van der Waals surface area (Å²) < 4.78 is 2.21. The van der Waals surface area contributed by atoms with E-state index >= 15 is 0 Å². The average Bonchev–Trinajstić information content (AvgIpc) is 2.87. The van der Waals surface area contributed by atoms with Crippen molar-refractivity contribution in [2.24, 2.45) is 5.92 Å². The summed E-state index contributed by atoms with van der Waals surface area (Å²) in [6, 6.07) is 8.61. The Bertz CT molecular complexity index is 591. The van der Waals surface area contributed by atoms with Gasteiger partial charge in [0.05, 0.1) is 0 Å². The Hall–Kier alpha value is -1.68. The van der Waals surface area contributed by atoms with E-state index in [2.05, 4.69) is 46.0 Å². The van der Waals surface area contributed by atoms with Crippen LogP contribution in [0.2, 0.25) is 0 Å². The van der Waals surface area contributed by atoms with Gasteiger partial charge in [0, 0.05) is 31.9 Å². The van der Waals surface area contributed by atoms with E-state index < -0.39 is 0 Å². The van der Waals surface area contributed by atoms with Crippen molar-refractivity contribution in [1.29, 1.82) is 0 Å². The van der Waals surface area contributed by atoms with Crippen LogP contribution in [-0.4, -0.2) is 26.5 Å². The van der Waals surface area contributed by atoms with Gasteiger partial charge in [-0.15, -0.1) is 10.2 Å². The van der Waals surface area contributed by atoms with Crippen LogP contribution < -0.4 is 0 Å². The number of hydrogen-bond donors (Lipinski definition) is 1. The third-order valence-electron chi connectivity index (χ3n) is 4.10. The standard InChI is InChI=1S/C16H21N3O/c1-12-3-2-4-13(9-12)5-7-15-17-18-16-8-6-14(11-20)10-19(15)16/h2-4,9,14,20H,5-8,10-11H2,1H3. The molecule has 1 aromatic heterocycles. The second-order valence-electron chi connectivity index (χ2n) is 5.72. The van der Waals surface area contributed by atoms with E-state index in [1.807, 2.05) is 0 Å². The van der Waals surface area contributed by atoms with Gasteiger partial charge >= 0.3 is 0 Å². The van der Waals surface area contributed by atoms with Crippen LogP contribution in [0.15, 0.2) is 24.3 Å². The van der Waals surface area contributed by atoms with E-state index in [9.17, 15) is 5.11 Å². The van der Waals surface area contributed by atoms with Crippen molar-refractivity contribution in [1.82, 2.24) is 14.8 Å². The van der Waals surface area contributed by atoms with E-state index in [4.69, 9.17) is 0 Å². The highest BCUT2D eigenvalue weighted by Gasteiger charge is 2.21. The van der Waals surface area contributed by atoms with Crippen LogP contribution in [0.1, 0.15) is 29.2 Å². The van der Waals surface area contributed by atoms with Crippen molar-refractivity contribution in [3.05, 3.63) is 47.0 Å². The first-order chi connectivity index (χ1) is 9.76. The average molecular weight is 271 g/mol. The van der Waals surface area contributed by atoms with Crippen molar-refractivity contribution in [2.45, 2.75) is 39.2 Å². The molecule has 2 heterocycles. The number of aromatic nitrogens is 3. The number of fused-ring (bicyclic) bond motifs is 1. The van der Waals surface area contributed by atoms with E-state index in [0.29, 0.717) is 5.92 Å². The van der Waals surface area contributed by atoms with Gasteiger partial charge in [-0.2, -0.15) is 0 Å². The summed E-state index contributed by atoms with van der Waals surface area (Å²) in [6.07, 6.45) is 3.85. The molecule has 1 aliphatic rings. The number of aliphatic hydroxyl groups excluding tert-OH is 1. The molecule has 1 atom stereocenters. The molecule has 0 fully saturated rings. The molecule has 1 N–H and O–H groups in total. The van der Waals surface area contributed by atoms with E-state index in [1.165, 1.54) is 11.1 Å². The first kappa shape index (κ1) is 13.3. The molecule has 4 heteroatoms. The van der Waals surface area contributed by atoms with Crippen molar-refractivity contribution >= 4 is 0 Å². The van der Waals surface area contributed by atoms with Gasteiger partial charge in [0.1, 0.15) is 11.6 Å². The number of rotatable bonds is 4. The first-order valence-electron chi connectivity index (χ1n) is 7.33. The maximum Gasteiger partial charge on any atom is 0.133 e. The third kappa shape index (κ3) is 2.75. The molecule has 1 aliphatic heterocycles. The molecular weight excluding hydrogens is 250 g/mol. The van der Waals surface area contributed by atoms with Crippen LogP contribution in [0.3, 0.4) is 0 Å². The molecule has 1 aromatic carbocycles. The maximum absolute atomic E-state index is 9.33. The molecule has 0 saturated carbocycles. The largest absolute Gasteiger partial charge is 0.396 e. The number of nitrogens with zero attached hydrogens (tertiary/aromatic N) is 3. The highest BCUT2D eigenvalue weighted by atomic mass is 16.3. The van der Waals surface area contributed by atoms with Gasteiger partial charge in [-0.1, -0.05) is 29.8 Å². The minimum Gasteiger partial charge on any atom is -0.396 e. The van der Waals surface area contributed by atoms with Gasteiger partial charge in [-0.25, -0.2) is 0 Å². The predicted molar refractivity (Wildman–Crippen MR) is 77.5 cm³/mol. The van der Waals surface area contributed by atoms with E-state index in [0.717, 1.165) is 43.9 Å². The summed E-state index contributed by atoms with van der Waals surface area (Å²) in [5.74, 6) is 2.49. The lowest BCUT2D eigenvalue weighted by atomic mass is 10.00. The van der Waals surface area contributed by atoms with Crippen molar-refractivity contribution in [3.63, 3.8) is 0 Å². The molecule has 0 aliphatic carbocycles. The van der Waals surface area contributed by atoms with Crippen LogP contribution in [-0.2, 0) is 25.8 Å². The number of benzene rings is 1. The van der Waals surface area contributed by atoms with Gasteiger partial charge in [0.15, 0.2) is 0 Å². The second kappa shape index (κ2) is 5.75. The van der Waals surface area contributed by atoms with E-state index in [1.54, 1.807) is 0 Å². The SMILES string of the molecule is Cc1cccc(CCc2nnc3n2CC(CO)CC3)c1. The lowest BCUT2D eigenvalue weighted by molar-refractivity contribution is 0.189. The molecule has 2 aromatic rings. The highest BCUT2D eigenvalue weighted by molar-refractivity contribution is 5.22. The third-order valence-corrected chi connectivity index (χ3v) is 4.10. The molecule has 1 unspecified atom stereocenters. The van der Waals surface area contributed by atoms with Crippen LogP contribution in [0.4, 0.5) is 0 Å². The minimum absolute atomic E-state index is 0.259. The Morgan fingerprint density at radius 1 is 1.30 bits per heavy atom. The topological polar surface area (TPSA) is 50.9 Å². The Morgan fingerprint density at radius 2 is 2.20 bits per heavy atom. The fourth-order valence-corrected chi connectivity index (χ4v) is 2.91. The lowest BCUT2D eigenvalue weighted by Crippen LogP contribution is -2.24. The molecule has 0 saturated heterocycles. The lowest BCUT2D eigenvalue weighted by Gasteiger charge is -2.22. The zero-order valence-corrected chi connectivity index (χ0v) is 11.9. The highest BCUT2D eigenvalue weighted by Crippen LogP contribution is 2.20. The van der Waals surface area contributed by atoms with Gasteiger partial charge in [-0.3, -0.25) is 0 Å². The monoisotopic (exact) mass is 271 g/mol. The van der Waals surface area contributed by atoms with E-state index in [-0.39, 0.29) is 6.61 Å². The van der Waals surface area contributed by atoms with Crippen LogP contribution >= 0.6 is 0 Å². The fourth-order valence-electron chi connectivity index (χ4n) is 2.91. The number of aliphatic hydroxyl groups is 1. The van der Waals surface area contributed by atoms with Crippen LogP contribution in [0.5, 0.6) is 0 Å².